The zero-order valence-electron chi connectivity index (χ0n) is 27.3. The van der Waals surface area contributed by atoms with Crippen LogP contribution in [0.4, 0.5) is 5.95 Å². The second-order valence-electron chi connectivity index (χ2n) is 14.4. The van der Waals surface area contributed by atoms with Crippen LogP contribution >= 0.6 is 0 Å². The number of ether oxygens (including phenoxy) is 1. The van der Waals surface area contributed by atoms with Crippen molar-refractivity contribution in [2.75, 3.05) is 24.4 Å². The van der Waals surface area contributed by atoms with E-state index in [1.807, 2.05) is 43.0 Å². The number of hydrogen-bond donors (Lipinski definition) is 1. The minimum absolute atomic E-state index is 0.0110. The first-order valence-corrected chi connectivity index (χ1v) is 18.3. The van der Waals surface area contributed by atoms with Gasteiger partial charge in [-0.1, -0.05) is 51.0 Å². The highest BCUT2D eigenvalue weighted by Crippen LogP contribution is 2.55. The van der Waals surface area contributed by atoms with Gasteiger partial charge in [-0.25, -0.2) is 18.1 Å². The van der Waals surface area contributed by atoms with Crippen molar-refractivity contribution in [2.24, 2.45) is 11.3 Å². The van der Waals surface area contributed by atoms with Gasteiger partial charge in [0.25, 0.3) is 15.9 Å². The number of anilines is 1. The molecule has 1 N–H and O–H groups in total. The van der Waals surface area contributed by atoms with E-state index in [9.17, 15) is 13.2 Å². The molecule has 1 aromatic heterocycles. The number of fused-ring (bicyclic) bond motifs is 6. The first-order chi connectivity index (χ1) is 22.0. The molecule has 1 spiro atoms. The molecule has 6 bridgehead atoms. The molecule has 10 heteroatoms. The lowest BCUT2D eigenvalue weighted by Gasteiger charge is -2.53. The van der Waals surface area contributed by atoms with Gasteiger partial charge in [-0.2, -0.15) is 4.98 Å². The summed E-state index contributed by atoms with van der Waals surface area (Å²) in [5.41, 5.74) is 4.36. The van der Waals surface area contributed by atoms with Crippen LogP contribution in [-0.4, -0.2) is 71.9 Å². The summed E-state index contributed by atoms with van der Waals surface area (Å²) in [6, 6.07) is 14.6. The van der Waals surface area contributed by atoms with E-state index in [1.54, 1.807) is 12.1 Å². The third-order valence-electron chi connectivity index (χ3n) is 10.7. The van der Waals surface area contributed by atoms with Crippen LogP contribution in [0.15, 0.2) is 53.4 Å². The Balaban J connectivity index is 1.35. The average Bonchev–Trinajstić information content (AvgIpc) is 3.42. The lowest BCUT2D eigenvalue weighted by atomic mass is 9.63. The number of aromatic nitrogens is 2. The molecule has 2 aliphatic carbocycles. The van der Waals surface area contributed by atoms with Gasteiger partial charge in [0.05, 0.1) is 17.1 Å². The van der Waals surface area contributed by atoms with E-state index < -0.39 is 10.0 Å². The van der Waals surface area contributed by atoms with Crippen LogP contribution in [0.3, 0.4) is 0 Å². The Bertz CT molecular complexity index is 1720. The molecule has 0 radical (unpaired) electrons. The van der Waals surface area contributed by atoms with E-state index in [-0.39, 0.29) is 28.9 Å². The normalized spacial score (nSPS) is 24.3. The minimum Gasteiger partial charge on any atom is -0.471 e. The number of carbonyl (C=O) groups is 1. The molecule has 9 nitrogen and oxygen atoms in total. The first kappa shape index (κ1) is 31.1. The maximum absolute atomic E-state index is 14.1. The zero-order valence-corrected chi connectivity index (χ0v) is 28.1. The molecule has 2 saturated carbocycles. The molecule has 3 aromatic rings. The van der Waals surface area contributed by atoms with Crippen molar-refractivity contribution in [2.45, 2.75) is 95.7 Å². The quantitative estimate of drug-likeness (QED) is 0.360. The summed E-state index contributed by atoms with van der Waals surface area (Å²) < 4.78 is 36.7. The molecule has 4 aliphatic rings. The topological polar surface area (TPSA) is 105 Å². The summed E-state index contributed by atoms with van der Waals surface area (Å²) >= 11 is 0. The molecule has 3 heterocycles. The van der Waals surface area contributed by atoms with Crippen LogP contribution in [0, 0.1) is 25.2 Å². The Kier molecular flexibility index (Phi) is 8.08. The molecule has 0 unspecified atom stereocenters. The molecular formula is C36H45N5O4S. The first-order valence-electron chi connectivity index (χ1n) is 16.8. The zero-order chi connectivity index (χ0) is 32.2. The van der Waals surface area contributed by atoms with E-state index >= 15 is 0 Å². The standard InChI is InChI=1S/C36H45N5O4S/c1-23(2)17-30-31-22-40(15-16-41(30)27-20-36(21-27)13-5-6-14-36)34(42)26-11-8-12-28(18-26)46(43,44)39-35-37-29(19-32(38-35)45-31)33-24(3)9-7-10-25(33)4/h7-12,18-19,23,27,30-31H,5-6,13-17,20-22H2,1-4H3,(H,37,38,39)/t30-,31+/m1/s1. The lowest BCUT2D eigenvalue weighted by Crippen LogP contribution is -2.58. The number of nitrogens with zero attached hydrogens (tertiary/aromatic N) is 4. The minimum atomic E-state index is -4.09. The van der Waals surface area contributed by atoms with Crippen LogP contribution < -0.4 is 9.46 Å². The number of rotatable bonds is 4. The van der Waals surface area contributed by atoms with Gasteiger partial charge in [0, 0.05) is 42.4 Å². The van der Waals surface area contributed by atoms with Crippen molar-refractivity contribution in [3.05, 3.63) is 65.2 Å². The Morgan fingerprint density at radius 2 is 1.72 bits per heavy atom. The summed E-state index contributed by atoms with van der Waals surface area (Å²) in [6.07, 6.45) is 8.28. The van der Waals surface area contributed by atoms with E-state index in [4.69, 9.17) is 9.72 Å². The number of sulfonamides is 1. The molecule has 2 atom stereocenters. The van der Waals surface area contributed by atoms with Gasteiger partial charge < -0.3 is 9.64 Å². The Morgan fingerprint density at radius 3 is 2.43 bits per heavy atom. The molecule has 1 saturated heterocycles. The average molecular weight is 644 g/mol. The number of amides is 1. The summed E-state index contributed by atoms with van der Waals surface area (Å²) in [7, 11) is -4.09. The smallest absolute Gasteiger partial charge is 0.264 e. The Labute approximate surface area is 272 Å². The van der Waals surface area contributed by atoms with Crippen molar-refractivity contribution >= 4 is 21.9 Å². The molecule has 7 rings (SSSR count). The summed E-state index contributed by atoms with van der Waals surface area (Å²) in [5, 5.41) is 0. The van der Waals surface area contributed by atoms with Gasteiger partial charge in [-0.05, 0) is 86.6 Å². The van der Waals surface area contributed by atoms with Crippen molar-refractivity contribution in [1.29, 1.82) is 0 Å². The Hall–Kier alpha value is -3.50. The van der Waals surface area contributed by atoms with Crippen molar-refractivity contribution in [3.8, 4) is 17.1 Å². The highest BCUT2D eigenvalue weighted by Gasteiger charge is 2.51. The van der Waals surface area contributed by atoms with Gasteiger partial charge in [-0.3, -0.25) is 9.69 Å². The molecule has 3 fully saturated rings. The number of nitrogens with one attached hydrogen (secondary N) is 1. The van der Waals surface area contributed by atoms with Gasteiger partial charge >= 0.3 is 0 Å². The third kappa shape index (κ3) is 5.90. The second-order valence-corrected chi connectivity index (χ2v) is 16.1. The molecule has 46 heavy (non-hydrogen) atoms. The van der Waals surface area contributed by atoms with Gasteiger partial charge in [0.1, 0.15) is 6.10 Å². The number of benzene rings is 2. The van der Waals surface area contributed by atoms with E-state index in [2.05, 4.69) is 28.5 Å². The van der Waals surface area contributed by atoms with Crippen LogP contribution in [0.2, 0.25) is 0 Å². The summed E-state index contributed by atoms with van der Waals surface area (Å²) in [4.78, 5) is 27.9. The van der Waals surface area contributed by atoms with Crippen LogP contribution in [-0.2, 0) is 10.0 Å². The highest BCUT2D eigenvalue weighted by atomic mass is 32.2. The summed E-state index contributed by atoms with van der Waals surface area (Å²) in [5.74, 6) is 0.462. The second kappa shape index (κ2) is 11.9. The SMILES string of the molecule is Cc1cccc(C)c1-c1cc2nc(n1)NS(=O)(=O)c1cccc(c1)C(=O)N1CCN(C3CC4(CCCC4)C3)[C@H](CC(C)C)[C@H](C1)O2. The summed E-state index contributed by atoms with van der Waals surface area (Å²) in [6.45, 7) is 10.2. The van der Waals surface area contributed by atoms with E-state index in [0.29, 0.717) is 47.6 Å². The number of aryl methyl sites for hydroxylation is 2. The fraction of sp³-hybridized carbons (Fsp3) is 0.528. The molecule has 2 aromatic carbocycles. The molecule has 244 valence electrons. The van der Waals surface area contributed by atoms with Gasteiger partial charge in [0.15, 0.2) is 0 Å². The maximum atomic E-state index is 14.1. The van der Waals surface area contributed by atoms with Crippen molar-refractivity contribution in [1.82, 2.24) is 19.8 Å². The number of hydrogen-bond acceptors (Lipinski definition) is 7. The highest BCUT2D eigenvalue weighted by molar-refractivity contribution is 7.92. The van der Waals surface area contributed by atoms with Crippen molar-refractivity contribution in [3.63, 3.8) is 0 Å². The molecule has 2 aliphatic heterocycles. The number of carbonyl (C=O) groups excluding carboxylic acids is 1. The fourth-order valence-electron chi connectivity index (χ4n) is 8.47. The van der Waals surface area contributed by atoms with Crippen LogP contribution in [0.25, 0.3) is 11.3 Å². The molecule has 1 amide bonds. The van der Waals surface area contributed by atoms with Crippen LogP contribution in [0.5, 0.6) is 5.88 Å². The Morgan fingerprint density at radius 1 is 1.00 bits per heavy atom. The fourth-order valence-corrected chi connectivity index (χ4v) is 9.46. The van der Waals surface area contributed by atoms with E-state index in [1.165, 1.54) is 50.7 Å². The van der Waals surface area contributed by atoms with Gasteiger partial charge in [-0.15, -0.1) is 0 Å². The molecular weight excluding hydrogens is 598 g/mol. The monoisotopic (exact) mass is 643 g/mol. The predicted octanol–water partition coefficient (Wildman–Crippen LogP) is 6.22. The maximum Gasteiger partial charge on any atom is 0.264 e. The van der Waals surface area contributed by atoms with Gasteiger partial charge in [0.2, 0.25) is 11.8 Å². The third-order valence-corrected chi connectivity index (χ3v) is 12.0. The lowest BCUT2D eigenvalue weighted by molar-refractivity contribution is -0.0430. The predicted molar refractivity (Wildman–Crippen MR) is 178 cm³/mol. The largest absolute Gasteiger partial charge is 0.471 e. The van der Waals surface area contributed by atoms with Crippen LogP contribution in [0.1, 0.15) is 80.3 Å². The van der Waals surface area contributed by atoms with Crippen molar-refractivity contribution < 1.29 is 17.9 Å². The van der Waals surface area contributed by atoms with E-state index in [0.717, 1.165) is 29.7 Å².